The summed E-state index contributed by atoms with van der Waals surface area (Å²) in [4.78, 5) is 8.34. The molecule has 0 saturated heterocycles. The molecule has 6 nitrogen and oxygen atoms in total. The molecule has 0 aliphatic rings. The molecule has 0 saturated carbocycles. The highest BCUT2D eigenvalue weighted by molar-refractivity contribution is 5.59. The van der Waals surface area contributed by atoms with Gasteiger partial charge in [-0.1, -0.05) is 0 Å². The van der Waals surface area contributed by atoms with Crippen molar-refractivity contribution < 1.29 is 9.47 Å². The van der Waals surface area contributed by atoms with E-state index >= 15 is 0 Å². The van der Waals surface area contributed by atoms with Crippen LogP contribution in [0.25, 0.3) is 11.3 Å². The summed E-state index contributed by atoms with van der Waals surface area (Å²) >= 11 is 0. The number of imidazole rings is 1. The number of nitrogen functional groups attached to an aromatic ring is 1. The van der Waals surface area contributed by atoms with Crippen molar-refractivity contribution in [3.05, 3.63) is 30.9 Å². The lowest BCUT2D eigenvalue weighted by atomic mass is 10.2. The largest absolute Gasteiger partial charge is 0.384 e. The Kier molecular flexibility index (Phi) is 6.18. The molecule has 0 radical (unpaired) electrons. The molecule has 2 rings (SSSR count). The fraction of sp³-hybridized carbons (Fsp3) is 0.467. The first-order valence-corrected chi connectivity index (χ1v) is 7.10. The van der Waals surface area contributed by atoms with Crippen molar-refractivity contribution in [2.45, 2.75) is 19.4 Å². The summed E-state index contributed by atoms with van der Waals surface area (Å²) in [6, 6.07) is 3.76. The first-order chi connectivity index (χ1) is 10.3. The topological polar surface area (TPSA) is 75.2 Å². The zero-order valence-electron chi connectivity index (χ0n) is 12.4. The van der Waals surface area contributed by atoms with Crippen LogP contribution in [0, 0.1) is 0 Å². The highest BCUT2D eigenvalue weighted by Crippen LogP contribution is 2.19. The third kappa shape index (κ3) is 4.84. The van der Waals surface area contributed by atoms with Crippen molar-refractivity contribution in [2.75, 3.05) is 32.7 Å². The fourth-order valence-electron chi connectivity index (χ4n) is 2.03. The third-order valence-electron chi connectivity index (χ3n) is 3.16. The van der Waals surface area contributed by atoms with Gasteiger partial charge in [-0.2, -0.15) is 0 Å². The summed E-state index contributed by atoms with van der Waals surface area (Å²) in [5.74, 6) is 0.526. The SMILES string of the molecule is COCCOCCCCn1cncc1-c1ccc(N)nc1. The summed E-state index contributed by atoms with van der Waals surface area (Å²) in [7, 11) is 1.68. The van der Waals surface area contributed by atoms with Crippen molar-refractivity contribution in [3.8, 4) is 11.3 Å². The maximum atomic E-state index is 5.61. The molecule has 0 atom stereocenters. The van der Waals surface area contributed by atoms with E-state index in [2.05, 4.69) is 14.5 Å². The summed E-state index contributed by atoms with van der Waals surface area (Å²) in [6.45, 7) is 2.98. The van der Waals surface area contributed by atoms with E-state index in [-0.39, 0.29) is 0 Å². The summed E-state index contributed by atoms with van der Waals surface area (Å²) in [5, 5.41) is 0. The molecule has 0 aliphatic heterocycles. The van der Waals surface area contributed by atoms with Crippen LogP contribution in [0.2, 0.25) is 0 Å². The zero-order valence-corrected chi connectivity index (χ0v) is 12.4. The number of anilines is 1. The molecule has 0 fully saturated rings. The van der Waals surface area contributed by atoms with Crippen molar-refractivity contribution in [1.29, 1.82) is 0 Å². The molecule has 0 aliphatic carbocycles. The quantitative estimate of drug-likeness (QED) is 0.715. The third-order valence-corrected chi connectivity index (χ3v) is 3.16. The maximum absolute atomic E-state index is 5.61. The maximum Gasteiger partial charge on any atom is 0.123 e. The number of pyridine rings is 1. The van der Waals surface area contributed by atoms with Crippen LogP contribution >= 0.6 is 0 Å². The van der Waals surface area contributed by atoms with E-state index in [1.807, 2.05) is 18.6 Å². The number of aromatic nitrogens is 3. The van der Waals surface area contributed by atoms with Crippen LogP contribution in [0.4, 0.5) is 5.82 Å². The van der Waals surface area contributed by atoms with Gasteiger partial charge in [-0.05, 0) is 25.0 Å². The molecule has 2 N–H and O–H groups in total. The minimum absolute atomic E-state index is 0.526. The predicted octanol–water partition coefficient (Wildman–Crippen LogP) is 1.97. The van der Waals surface area contributed by atoms with E-state index in [4.69, 9.17) is 15.2 Å². The molecular formula is C15H22N4O2. The first kappa shape index (κ1) is 15.5. The van der Waals surface area contributed by atoms with E-state index in [1.165, 1.54) is 0 Å². The Hall–Kier alpha value is -1.92. The van der Waals surface area contributed by atoms with Crippen LogP contribution in [0.3, 0.4) is 0 Å². The number of ether oxygens (including phenoxy) is 2. The summed E-state index contributed by atoms with van der Waals surface area (Å²) in [5.41, 5.74) is 7.69. The second-order valence-corrected chi connectivity index (χ2v) is 4.76. The lowest BCUT2D eigenvalue weighted by Crippen LogP contribution is -2.05. The lowest BCUT2D eigenvalue weighted by Gasteiger charge is -2.08. The molecular weight excluding hydrogens is 268 g/mol. The number of unbranched alkanes of at least 4 members (excludes halogenated alkanes) is 1. The highest BCUT2D eigenvalue weighted by atomic mass is 16.5. The Balaban J connectivity index is 1.79. The normalized spacial score (nSPS) is 10.9. The van der Waals surface area contributed by atoms with Gasteiger partial charge in [0.1, 0.15) is 5.82 Å². The molecule has 0 aromatic carbocycles. The molecule has 0 amide bonds. The number of rotatable bonds is 9. The smallest absolute Gasteiger partial charge is 0.123 e. The molecule has 6 heteroatoms. The minimum atomic E-state index is 0.526. The Morgan fingerprint density at radius 1 is 1.14 bits per heavy atom. The lowest BCUT2D eigenvalue weighted by molar-refractivity contribution is 0.0684. The Morgan fingerprint density at radius 3 is 2.81 bits per heavy atom. The average molecular weight is 290 g/mol. The van der Waals surface area contributed by atoms with E-state index in [0.29, 0.717) is 19.0 Å². The molecule has 2 aromatic heterocycles. The highest BCUT2D eigenvalue weighted by Gasteiger charge is 2.05. The van der Waals surface area contributed by atoms with E-state index < -0.39 is 0 Å². The first-order valence-electron chi connectivity index (χ1n) is 7.10. The zero-order chi connectivity index (χ0) is 14.9. The van der Waals surface area contributed by atoms with Crippen molar-refractivity contribution >= 4 is 5.82 Å². The molecule has 0 spiro atoms. The number of nitrogens with zero attached hydrogens (tertiary/aromatic N) is 3. The van der Waals surface area contributed by atoms with Gasteiger partial charge in [0.2, 0.25) is 0 Å². The van der Waals surface area contributed by atoms with E-state index in [9.17, 15) is 0 Å². The Bertz CT molecular complexity index is 525. The monoisotopic (exact) mass is 290 g/mol. The number of hydrogen-bond acceptors (Lipinski definition) is 5. The second-order valence-electron chi connectivity index (χ2n) is 4.76. The van der Waals surface area contributed by atoms with Gasteiger partial charge in [-0.15, -0.1) is 0 Å². The van der Waals surface area contributed by atoms with Crippen LogP contribution in [0.15, 0.2) is 30.9 Å². The molecule has 114 valence electrons. The molecule has 21 heavy (non-hydrogen) atoms. The Labute approximate surface area is 124 Å². The number of hydrogen-bond donors (Lipinski definition) is 1. The van der Waals surface area contributed by atoms with Gasteiger partial charge in [0, 0.05) is 32.0 Å². The van der Waals surface area contributed by atoms with Crippen LogP contribution in [-0.2, 0) is 16.0 Å². The summed E-state index contributed by atoms with van der Waals surface area (Å²) in [6.07, 6.45) is 7.52. The Morgan fingerprint density at radius 2 is 2.05 bits per heavy atom. The van der Waals surface area contributed by atoms with Gasteiger partial charge >= 0.3 is 0 Å². The van der Waals surface area contributed by atoms with Crippen molar-refractivity contribution in [2.24, 2.45) is 0 Å². The molecule has 0 unspecified atom stereocenters. The van der Waals surface area contributed by atoms with Gasteiger partial charge in [-0.3, -0.25) is 0 Å². The molecule has 2 aromatic rings. The van der Waals surface area contributed by atoms with E-state index in [0.717, 1.165) is 37.3 Å². The van der Waals surface area contributed by atoms with E-state index in [1.54, 1.807) is 19.4 Å². The summed E-state index contributed by atoms with van der Waals surface area (Å²) < 4.78 is 12.5. The predicted molar refractivity (Wildman–Crippen MR) is 81.8 cm³/mol. The average Bonchev–Trinajstić information content (AvgIpc) is 2.95. The van der Waals surface area contributed by atoms with Gasteiger partial charge in [0.15, 0.2) is 0 Å². The van der Waals surface area contributed by atoms with Crippen molar-refractivity contribution in [1.82, 2.24) is 14.5 Å². The minimum Gasteiger partial charge on any atom is -0.384 e. The molecule has 2 heterocycles. The van der Waals surface area contributed by atoms with Crippen molar-refractivity contribution in [3.63, 3.8) is 0 Å². The van der Waals surface area contributed by atoms with Crippen LogP contribution in [0.1, 0.15) is 12.8 Å². The van der Waals surface area contributed by atoms with Gasteiger partial charge in [-0.25, -0.2) is 9.97 Å². The van der Waals surface area contributed by atoms with Crippen LogP contribution in [-0.4, -0.2) is 41.5 Å². The number of aryl methyl sites for hydroxylation is 1. The number of methoxy groups -OCH3 is 1. The van der Waals surface area contributed by atoms with Gasteiger partial charge in [0.25, 0.3) is 0 Å². The second kappa shape index (κ2) is 8.39. The van der Waals surface area contributed by atoms with Gasteiger partial charge < -0.3 is 19.8 Å². The van der Waals surface area contributed by atoms with Crippen LogP contribution < -0.4 is 5.73 Å². The standard InChI is InChI=1S/C15H22N4O2/c1-20-8-9-21-7-3-2-6-19-12-17-11-14(19)13-4-5-15(16)18-10-13/h4-5,10-12H,2-3,6-9H2,1H3,(H2,16,18). The van der Waals surface area contributed by atoms with Gasteiger partial charge in [0.05, 0.1) is 31.4 Å². The van der Waals surface area contributed by atoms with Crippen LogP contribution in [0.5, 0.6) is 0 Å². The molecule has 0 bridgehead atoms. The number of nitrogens with two attached hydrogens (primary N) is 1. The fourth-order valence-corrected chi connectivity index (χ4v) is 2.03.